The van der Waals surface area contributed by atoms with Crippen molar-refractivity contribution >= 4 is 5.78 Å². The number of Topliss-reactive ketones (excluding diaryl/α,β-unsaturated/α-hetero) is 1. The van der Waals surface area contributed by atoms with Crippen molar-refractivity contribution in [3.63, 3.8) is 0 Å². The fourth-order valence-corrected chi connectivity index (χ4v) is 5.05. The number of nitrogens with one attached hydrogen (secondary N) is 2. The number of aliphatic hydroxyl groups excluding tert-OH is 4. The number of carbonyl (C=O) groups is 1. The van der Waals surface area contributed by atoms with Crippen molar-refractivity contribution in [2.75, 3.05) is 32.8 Å². The van der Waals surface area contributed by atoms with E-state index in [1.54, 1.807) is 0 Å². The number of hydrogen-bond donors (Lipinski definition) is 6. The second-order valence-electron chi connectivity index (χ2n) is 7.68. The zero-order chi connectivity index (χ0) is 15.6. The Morgan fingerprint density at radius 2 is 1.52 bits per heavy atom. The molecule has 3 atom stereocenters. The minimum atomic E-state index is -1.37. The van der Waals surface area contributed by atoms with Crippen LogP contribution in [-0.2, 0) is 4.79 Å². The van der Waals surface area contributed by atoms with Crippen LogP contribution in [-0.4, -0.2) is 83.5 Å². The van der Waals surface area contributed by atoms with Gasteiger partial charge in [0.25, 0.3) is 0 Å². The van der Waals surface area contributed by atoms with E-state index in [0.29, 0.717) is 32.0 Å². The molecule has 6 N–H and O–H groups in total. The van der Waals surface area contributed by atoms with Gasteiger partial charge < -0.3 is 20.4 Å². The maximum Gasteiger partial charge on any atom is 0.242 e. The molecule has 4 fully saturated rings. The quantitative estimate of drug-likeness (QED) is 0.311. The molecular weight excluding hydrogens is 276 g/mol. The number of quaternary nitrogens is 2. The van der Waals surface area contributed by atoms with E-state index in [-0.39, 0.29) is 17.0 Å². The summed E-state index contributed by atoms with van der Waals surface area (Å²) >= 11 is 0. The molecule has 120 valence electrons. The van der Waals surface area contributed by atoms with Crippen molar-refractivity contribution in [1.82, 2.24) is 0 Å². The van der Waals surface area contributed by atoms with Crippen molar-refractivity contribution in [2.45, 2.75) is 38.3 Å². The van der Waals surface area contributed by atoms with Crippen LogP contribution in [0.5, 0.6) is 0 Å². The summed E-state index contributed by atoms with van der Waals surface area (Å²) in [5, 5.41) is 38.9. The van der Waals surface area contributed by atoms with E-state index in [2.05, 4.69) is 0 Å². The molecule has 4 saturated heterocycles. The minimum absolute atomic E-state index is 0.254. The van der Waals surface area contributed by atoms with Crippen molar-refractivity contribution in [1.29, 1.82) is 0 Å². The number of ketones is 1. The molecule has 0 radical (unpaired) electrons. The molecule has 4 rings (SSSR count). The first-order valence-electron chi connectivity index (χ1n) is 7.61. The fourth-order valence-electron chi connectivity index (χ4n) is 5.05. The lowest BCUT2D eigenvalue weighted by Gasteiger charge is -2.59. The zero-order valence-corrected chi connectivity index (χ0v) is 12.5. The lowest BCUT2D eigenvalue weighted by Crippen LogP contribution is -3.46. The molecule has 4 heterocycles. The van der Waals surface area contributed by atoms with Crippen LogP contribution < -0.4 is 9.80 Å². The topological polar surface area (TPSA) is 107 Å². The molecule has 0 spiro atoms. The Morgan fingerprint density at radius 3 is 1.90 bits per heavy atom. The van der Waals surface area contributed by atoms with E-state index in [1.807, 2.05) is 13.8 Å². The molecule has 4 aliphatic rings. The monoisotopic (exact) mass is 302 g/mol. The van der Waals surface area contributed by atoms with Gasteiger partial charge in [0.1, 0.15) is 23.0 Å². The molecule has 0 aromatic rings. The van der Waals surface area contributed by atoms with Gasteiger partial charge in [0.2, 0.25) is 6.17 Å². The second-order valence-corrected chi connectivity index (χ2v) is 7.68. The normalized spacial score (nSPS) is 49.2. The number of rotatable bonds is 4. The van der Waals surface area contributed by atoms with E-state index in [4.69, 9.17) is 5.11 Å². The van der Waals surface area contributed by atoms with Crippen LogP contribution in [0.25, 0.3) is 0 Å². The molecule has 4 bridgehead atoms. The average molecular weight is 302 g/mol. The fraction of sp³-hybridized carbons (Fsp3) is 0.929. The van der Waals surface area contributed by atoms with Gasteiger partial charge in [-0.25, -0.2) is 0 Å². The zero-order valence-electron chi connectivity index (χ0n) is 12.5. The van der Waals surface area contributed by atoms with E-state index < -0.39 is 24.9 Å². The predicted molar refractivity (Wildman–Crippen MR) is 71.5 cm³/mol. The molecule has 0 amide bonds. The van der Waals surface area contributed by atoms with Crippen molar-refractivity contribution in [3.05, 3.63) is 0 Å². The van der Waals surface area contributed by atoms with Crippen LogP contribution in [0.4, 0.5) is 0 Å². The third kappa shape index (κ3) is 2.07. The minimum Gasteiger partial charge on any atom is -0.394 e. The summed E-state index contributed by atoms with van der Waals surface area (Å²) in [4.78, 5) is 14.8. The summed E-state index contributed by atoms with van der Waals surface area (Å²) in [6, 6.07) is 0. The lowest BCUT2D eigenvalue weighted by atomic mass is 9.61. The smallest absolute Gasteiger partial charge is 0.242 e. The Morgan fingerprint density at radius 1 is 1.10 bits per heavy atom. The Balaban J connectivity index is 1.84. The first-order valence-corrected chi connectivity index (χ1v) is 7.61. The maximum absolute atomic E-state index is 12.6. The van der Waals surface area contributed by atoms with Crippen molar-refractivity contribution in [2.24, 2.45) is 10.8 Å². The first-order chi connectivity index (χ1) is 9.72. The summed E-state index contributed by atoms with van der Waals surface area (Å²) in [7, 11) is 0. The van der Waals surface area contributed by atoms with E-state index in [1.165, 1.54) is 0 Å². The highest BCUT2D eigenvalue weighted by Gasteiger charge is 2.69. The molecule has 0 aromatic carbocycles. The van der Waals surface area contributed by atoms with Crippen LogP contribution in [0.1, 0.15) is 13.8 Å². The Kier molecular flexibility index (Phi) is 3.44. The molecule has 0 aliphatic carbocycles. The summed E-state index contributed by atoms with van der Waals surface area (Å²) < 4.78 is 0. The SMILES string of the molecule is CC12C[NH+]3CC(C)(C[NH+](C1)C3[C@@H](O)[C@H](O)[C@H](O)CO)C2=O. The lowest BCUT2D eigenvalue weighted by molar-refractivity contribution is -1.17. The highest BCUT2D eigenvalue weighted by Crippen LogP contribution is 2.34. The van der Waals surface area contributed by atoms with E-state index in [9.17, 15) is 20.1 Å². The van der Waals surface area contributed by atoms with Crippen LogP contribution in [0.2, 0.25) is 0 Å². The molecular formula is C14H26N2O5+2. The Bertz CT molecular complexity index is 417. The van der Waals surface area contributed by atoms with Crippen LogP contribution in [0.3, 0.4) is 0 Å². The number of hydrogen-bond acceptors (Lipinski definition) is 5. The van der Waals surface area contributed by atoms with Crippen LogP contribution >= 0.6 is 0 Å². The highest BCUT2D eigenvalue weighted by molar-refractivity contribution is 5.91. The van der Waals surface area contributed by atoms with Gasteiger partial charge in [-0.15, -0.1) is 0 Å². The van der Waals surface area contributed by atoms with Gasteiger partial charge in [-0.3, -0.25) is 14.6 Å². The summed E-state index contributed by atoms with van der Waals surface area (Å²) in [6.45, 7) is 6.05. The van der Waals surface area contributed by atoms with Gasteiger partial charge in [-0.1, -0.05) is 0 Å². The summed E-state index contributed by atoms with van der Waals surface area (Å²) in [5.41, 5.74) is -0.709. The van der Waals surface area contributed by atoms with Gasteiger partial charge in [0.05, 0.1) is 32.8 Å². The van der Waals surface area contributed by atoms with Gasteiger partial charge in [0, 0.05) is 0 Å². The van der Waals surface area contributed by atoms with Crippen molar-refractivity contribution in [3.8, 4) is 0 Å². The predicted octanol–water partition coefficient (Wildman–Crippen LogP) is -5.22. The van der Waals surface area contributed by atoms with E-state index >= 15 is 0 Å². The van der Waals surface area contributed by atoms with Crippen LogP contribution in [0.15, 0.2) is 0 Å². The Labute approximate surface area is 123 Å². The average Bonchev–Trinajstić information content (AvgIpc) is 2.41. The van der Waals surface area contributed by atoms with Gasteiger partial charge in [-0.05, 0) is 13.8 Å². The third-order valence-electron chi connectivity index (χ3n) is 5.72. The largest absolute Gasteiger partial charge is 0.394 e. The van der Waals surface area contributed by atoms with Crippen LogP contribution in [0, 0.1) is 10.8 Å². The molecule has 21 heavy (non-hydrogen) atoms. The second kappa shape index (κ2) is 4.71. The van der Waals surface area contributed by atoms with Gasteiger partial charge in [-0.2, -0.15) is 0 Å². The number of aliphatic hydroxyl groups is 4. The summed E-state index contributed by atoms with van der Waals surface area (Å²) in [5.74, 6) is 0.325. The molecule has 7 heteroatoms. The number of carbonyl (C=O) groups excluding carboxylic acids is 1. The van der Waals surface area contributed by atoms with Gasteiger partial charge in [0.15, 0.2) is 11.9 Å². The maximum atomic E-state index is 12.6. The molecule has 7 nitrogen and oxygen atoms in total. The molecule has 0 aromatic heterocycles. The highest BCUT2D eigenvalue weighted by atomic mass is 16.4. The Hall–Kier alpha value is -0.570. The summed E-state index contributed by atoms with van der Waals surface area (Å²) in [6.07, 6.45) is -4.07. The standard InChI is InChI=1S/C14H24N2O5/c1-13-4-15-6-14(2,12(13)21)7-16(5-13)11(15)10(20)9(19)8(18)3-17/h8-11,17-20H,3-7H2,1-2H3/p+2/t8-,9-,10+,11?,13?,14?/m1/s1. The van der Waals surface area contributed by atoms with Gasteiger partial charge >= 0.3 is 0 Å². The molecule has 4 aliphatic heterocycles. The third-order valence-corrected chi connectivity index (χ3v) is 5.72. The van der Waals surface area contributed by atoms with E-state index in [0.717, 1.165) is 9.80 Å². The number of piperidine rings is 2. The molecule has 0 unspecified atom stereocenters. The first kappa shape index (κ1) is 15.3. The molecule has 0 saturated carbocycles. The van der Waals surface area contributed by atoms with Crippen molar-refractivity contribution < 1.29 is 35.0 Å².